The van der Waals surface area contributed by atoms with Crippen LogP contribution in [0, 0.1) is 11.7 Å². The zero-order valence-electron chi connectivity index (χ0n) is 12.0. The number of benzene rings is 1. The van der Waals surface area contributed by atoms with Crippen molar-refractivity contribution < 1.29 is 4.39 Å². The van der Waals surface area contributed by atoms with Gasteiger partial charge < -0.3 is 10.2 Å². The van der Waals surface area contributed by atoms with Gasteiger partial charge in [0.2, 0.25) is 0 Å². The van der Waals surface area contributed by atoms with E-state index in [1.54, 1.807) is 6.07 Å². The average Bonchev–Trinajstić information content (AvgIpc) is 2.28. The normalized spacial score (nSPS) is 11.0. The molecule has 0 saturated heterocycles. The summed E-state index contributed by atoms with van der Waals surface area (Å²) in [4.78, 5) is 2.02. The van der Waals surface area contributed by atoms with Crippen molar-refractivity contribution in [2.24, 2.45) is 5.92 Å². The first-order chi connectivity index (χ1) is 8.56. The van der Waals surface area contributed by atoms with E-state index in [2.05, 4.69) is 26.1 Å². The molecule has 0 amide bonds. The molecule has 0 bridgehead atoms. The number of hydrogen-bond donors (Lipinski definition) is 1. The number of halogens is 1. The lowest BCUT2D eigenvalue weighted by molar-refractivity contribution is 0.591. The molecule has 0 aliphatic rings. The Kier molecular flexibility index (Phi) is 6.13. The summed E-state index contributed by atoms with van der Waals surface area (Å²) in [5, 5.41) is 3.33. The second-order valence-electron chi connectivity index (χ2n) is 5.20. The Morgan fingerprint density at radius 3 is 2.67 bits per heavy atom. The fourth-order valence-electron chi connectivity index (χ4n) is 2.17. The SMILES string of the molecule is CCCNCc1cccc(F)c1N(C)CC(C)C. The zero-order chi connectivity index (χ0) is 13.5. The van der Waals surface area contributed by atoms with Gasteiger partial charge in [-0.05, 0) is 30.5 Å². The Morgan fingerprint density at radius 2 is 2.06 bits per heavy atom. The number of rotatable bonds is 7. The van der Waals surface area contributed by atoms with Crippen LogP contribution in [0.1, 0.15) is 32.8 Å². The van der Waals surface area contributed by atoms with Gasteiger partial charge in [0.25, 0.3) is 0 Å². The Bertz CT molecular complexity index is 364. The minimum absolute atomic E-state index is 0.131. The molecule has 0 saturated carbocycles. The summed E-state index contributed by atoms with van der Waals surface area (Å²) < 4.78 is 14.0. The van der Waals surface area contributed by atoms with Crippen LogP contribution in [-0.4, -0.2) is 20.1 Å². The second-order valence-corrected chi connectivity index (χ2v) is 5.20. The van der Waals surface area contributed by atoms with E-state index in [0.717, 1.165) is 37.3 Å². The third kappa shape index (κ3) is 4.30. The van der Waals surface area contributed by atoms with Crippen LogP contribution in [0.5, 0.6) is 0 Å². The molecule has 102 valence electrons. The lowest BCUT2D eigenvalue weighted by Crippen LogP contribution is -2.26. The molecule has 0 radical (unpaired) electrons. The fraction of sp³-hybridized carbons (Fsp3) is 0.600. The molecule has 0 aromatic heterocycles. The summed E-state index contributed by atoms with van der Waals surface area (Å²) in [6.07, 6.45) is 1.09. The molecular formula is C15H25FN2. The molecule has 0 aliphatic carbocycles. The first kappa shape index (κ1) is 15.0. The highest BCUT2D eigenvalue weighted by atomic mass is 19.1. The maximum atomic E-state index is 14.0. The van der Waals surface area contributed by atoms with E-state index < -0.39 is 0 Å². The third-order valence-electron chi connectivity index (χ3n) is 2.83. The number of para-hydroxylation sites is 1. The summed E-state index contributed by atoms with van der Waals surface area (Å²) in [5.74, 6) is 0.389. The highest BCUT2D eigenvalue weighted by molar-refractivity contribution is 5.54. The molecule has 0 unspecified atom stereocenters. The Hall–Kier alpha value is -1.09. The average molecular weight is 252 g/mol. The first-order valence-electron chi connectivity index (χ1n) is 6.75. The topological polar surface area (TPSA) is 15.3 Å². The largest absolute Gasteiger partial charge is 0.372 e. The molecule has 1 aromatic carbocycles. The van der Waals surface area contributed by atoms with Gasteiger partial charge in [-0.25, -0.2) is 4.39 Å². The monoisotopic (exact) mass is 252 g/mol. The second kappa shape index (κ2) is 7.37. The molecular weight excluding hydrogens is 227 g/mol. The number of anilines is 1. The van der Waals surface area contributed by atoms with Gasteiger partial charge in [0.1, 0.15) is 5.82 Å². The van der Waals surface area contributed by atoms with E-state index in [-0.39, 0.29) is 5.82 Å². The summed E-state index contributed by atoms with van der Waals surface area (Å²) >= 11 is 0. The summed E-state index contributed by atoms with van der Waals surface area (Å²) in [7, 11) is 1.96. The molecule has 0 aliphatic heterocycles. The maximum Gasteiger partial charge on any atom is 0.146 e. The van der Waals surface area contributed by atoms with Crippen molar-refractivity contribution in [1.82, 2.24) is 5.32 Å². The molecule has 1 aromatic rings. The quantitative estimate of drug-likeness (QED) is 0.748. The zero-order valence-corrected chi connectivity index (χ0v) is 12.0. The van der Waals surface area contributed by atoms with E-state index >= 15 is 0 Å². The van der Waals surface area contributed by atoms with Crippen LogP contribution in [0.15, 0.2) is 18.2 Å². The minimum atomic E-state index is -0.131. The molecule has 0 spiro atoms. The molecule has 1 N–H and O–H groups in total. The van der Waals surface area contributed by atoms with Gasteiger partial charge in [-0.15, -0.1) is 0 Å². The van der Waals surface area contributed by atoms with Gasteiger partial charge >= 0.3 is 0 Å². The van der Waals surface area contributed by atoms with Crippen molar-refractivity contribution in [3.8, 4) is 0 Å². The molecule has 18 heavy (non-hydrogen) atoms. The number of nitrogens with one attached hydrogen (secondary N) is 1. The van der Waals surface area contributed by atoms with Crippen molar-refractivity contribution in [3.63, 3.8) is 0 Å². The molecule has 1 rings (SSSR count). The van der Waals surface area contributed by atoms with Crippen LogP contribution in [-0.2, 0) is 6.54 Å². The molecule has 2 nitrogen and oxygen atoms in total. The predicted octanol–water partition coefficient (Wildman–Crippen LogP) is 3.42. The highest BCUT2D eigenvalue weighted by Gasteiger charge is 2.13. The Labute approximate surface area is 110 Å². The van der Waals surface area contributed by atoms with Crippen molar-refractivity contribution in [3.05, 3.63) is 29.6 Å². The Morgan fingerprint density at radius 1 is 1.33 bits per heavy atom. The van der Waals surface area contributed by atoms with Crippen LogP contribution in [0.25, 0.3) is 0 Å². The van der Waals surface area contributed by atoms with Gasteiger partial charge in [0.05, 0.1) is 5.69 Å². The standard InChI is InChI=1S/C15H25FN2/c1-5-9-17-10-13-7-6-8-14(16)15(13)18(4)11-12(2)3/h6-8,12,17H,5,9-11H2,1-4H3. The van der Waals surface area contributed by atoms with Crippen LogP contribution < -0.4 is 10.2 Å². The maximum absolute atomic E-state index is 14.0. The molecule has 0 atom stereocenters. The molecule has 0 heterocycles. The van der Waals surface area contributed by atoms with Crippen molar-refractivity contribution in [1.29, 1.82) is 0 Å². The van der Waals surface area contributed by atoms with Gasteiger partial charge in [-0.1, -0.05) is 32.9 Å². The van der Waals surface area contributed by atoms with Crippen molar-refractivity contribution in [2.75, 3.05) is 25.0 Å². The van der Waals surface area contributed by atoms with E-state index in [9.17, 15) is 4.39 Å². The smallest absolute Gasteiger partial charge is 0.146 e. The lowest BCUT2D eigenvalue weighted by atomic mass is 10.1. The van der Waals surface area contributed by atoms with Gasteiger partial charge in [-0.2, -0.15) is 0 Å². The van der Waals surface area contributed by atoms with Crippen LogP contribution in [0.4, 0.5) is 10.1 Å². The molecule has 3 heteroatoms. The van der Waals surface area contributed by atoms with Gasteiger partial charge in [0, 0.05) is 20.1 Å². The summed E-state index contributed by atoms with van der Waals surface area (Å²) in [5.41, 5.74) is 1.77. The number of hydrogen-bond acceptors (Lipinski definition) is 2. The fourth-order valence-corrected chi connectivity index (χ4v) is 2.17. The third-order valence-corrected chi connectivity index (χ3v) is 2.83. The van der Waals surface area contributed by atoms with Crippen LogP contribution in [0.2, 0.25) is 0 Å². The summed E-state index contributed by atoms with van der Waals surface area (Å²) in [6, 6.07) is 5.32. The van der Waals surface area contributed by atoms with Crippen molar-refractivity contribution >= 4 is 5.69 Å². The number of nitrogens with zero attached hydrogens (tertiary/aromatic N) is 1. The minimum Gasteiger partial charge on any atom is -0.372 e. The van der Waals surface area contributed by atoms with Gasteiger partial charge in [-0.3, -0.25) is 0 Å². The lowest BCUT2D eigenvalue weighted by Gasteiger charge is -2.25. The highest BCUT2D eigenvalue weighted by Crippen LogP contribution is 2.24. The molecule has 0 fully saturated rings. The first-order valence-corrected chi connectivity index (χ1v) is 6.75. The summed E-state index contributed by atoms with van der Waals surface area (Å²) in [6.45, 7) is 8.97. The predicted molar refractivity (Wildman–Crippen MR) is 76.5 cm³/mol. The van der Waals surface area contributed by atoms with E-state index in [1.165, 1.54) is 6.07 Å². The van der Waals surface area contributed by atoms with Crippen molar-refractivity contribution in [2.45, 2.75) is 33.7 Å². The van der Waals surface area contributed by atoms with E-state index in [1.807, 2.05) is 18.0 Å². The van der Waals surface area contributed by atoms with E-state index in [0.29, 0.717) is 5.92 Å². The van der Waals surface area contributed by atoms with E-state index in [4.69, 9.17) is 0 Å². The van der Waals surface area contributed by atoms with Gasteiger partial charge in [0.15, 0.2) is 0 Å². The van der Waals surface area contributed by atoms with Crippen LogP contribution in [0.3, 0.4) is 0 Å². The van der Waals surface area contributed by atoms with Crippen LogP contribution >= 0.6 is 0 Å². The Balaban J connectivity index is 2.85.